The molecule has 0 radical (unpaired) electrons. The van der Waals surface area contributed by atoms with Gasteiger partial charge in [0.1, 0.15) is 6.26 Å². The molecule has 0 unspecified atom stereocenters. The van der Waals surface area contributed by atoms with Crippen molar-refractivity contribution in [2.45, 2.75) is 104 Å². The molecule has 5 rings (SSSR count). The van der Waals surface area contributed by atoms with Crippen molar-refractivity contribution in [2.75, 3.05) is 0 Å². The highest BCUT2D eigenvalue weighted by Gasteiger charge is 2.57. The minimum absolute atomic E-state index is 0.186. The van der Waals surface area contributed by atoms with Crippen molar-refractivity contribution >= 4 is 13.9 Å². The molecule has 0 spiro atoms. The van der Waals surface area contributed by atoms with Gasteiger partial charge in [-0.2, -0.15) is 0 Å². The van der Waals surface area contributed by atoms with Gasteiger partial charge < -0.3 is 8.84 Å². The molecular formula is C30H44O3Si. The Kier molecular flexibility index (Phi) is 5.76. The first-order valence-corrected chi connectivity index (χ1v) is 16.4. The van der Waals surface area contributed by atoms with Crippen molar-refractivity contribution in [1.82, 2.24) is 0 Å². The van der Waals surface area contributed by atoms with Crippen LogP contribution in [-0.2, 0) is 4.43 Å². The predicted molar refractivity (Wildman–Crippen MR) is 142 cm³/mol. The molecule has 1 aromatic heterocycles. The summed E-state index contributed by atoms with van der Waals surface area (Å²) in [6, 6.07) is 3.53. The van der Waals surface area contributed by atoms with E-state index in [1.165, 1.54) is 37.7 Å². The Labute approximate surface area is 207 Å². The zero-order valence-electron chi connectivity index (χ0n) is 22.4. The Bertz CT molecular complexity index is 1050. The first-order chi connectivity index (χ1) is 15.8. The molecule has 34 heavy (non-hydrogen) atoms. The van der Waals surface area contributed by atoms with E-state index in [1.54, 1.807) is 17.9 Å². The summed E-state index contributed by atoms with van der Waals surface area (Å²) in [5.74, 6) is 2.21. The van der Waals surface area contributed by atoms with E-state index in [1.807, 2.05) is 6.07 Å². The second-order valence-electron chi connectivity index (χ2n) is 13.7. The average Bonchev–Trinajstić information content (AvgIpc) is 3.11. The SMILES string of the molecule is CC(C)(C)[Si](C)(C)O[C@@H]1CC[C@@]2(C)C(=CC[C@H]3[C@H]4CC=C(c5ccc(=O)oc5)[C@@]4(C)CC[C@@H]32)C1. The van der Waals surface area contributed by atoms with E-state index >= 15 is 0 Å². The van der Waals surface area contributed by atoms with Gasteiger partial charge in [-0.1, -0.05) is 52.3 Å². The van der Waals surface area contributed by atoms with Gasteiger partial charge in [-0.25, -0.2) is 4.79 Å². The van der Waals surface area contributed by atoms with Crippen LogP contribution in [0.15, 0.2) is 45.3 Å². The molecule has 0 aromatic carbocycles. The van der Waals surface area contributed by atoms with Crippen LogP contribution in [0.5, 0.6) is 0 Å². The maximum absolute atomic E-state index is 11.5. The third-order valence-corrected chi connectivity index (χ3v) is 15.5. The zero-order chi connectivity index (χ0) is 24.5. The molecule has 2 fully saturated rings. The summed E-state index contributed by atoms with van der Waals surface area (Å²) in [4.78, 5) is 11.5. The Morgan fingerprint density at radius 1 is 1.00 bits per heavy atom. The summed E-state index contributed by atoms with van der Waals surface area (Å²) in [5.41, 5.74) is 4.46. The Balaban J connectivity index is 1.36. The highest BCUT2D eigenvalue weighted by atomic mass is 28.4. The fourth-order valence-electron chi connectivity index (χ4n) is 7.85. The van der Waals surface area contributed by atoms with Crippen molar-refractivity contribution in [1.29, 1.82) is 0 Å². The van der Waals surface area contributed by atoms with Gasteiger partial charge in [-0.05, 0) is 103 Å². The van der Waals surface area contributed by atoms with Crippen LogP contribution in [0.25, 0.3) is 5.57 Å². The quantitative estimate of drug-likeness (QED) is 0.325. The standard InChI is InChI=1S/C30H44O3Si/c1-28(2,3)34(6,7)33-22-14-16-29(4)21(18-22)9-10-23-25-12-11-24(20-8-13-27(31)32-19-20)30(25,5)17-15-26(23)29/h8-9,11,13,19,22-23,25-26H,10,12,14-18H2,1-7H3/t22-,23+,25-,26+,29+,30-/m1/s1. The molecule has 186 valence electrons. The van der Waals surface area contributed by atoms with E-state index in [4.69, 9.17) is 8.84 Å². The van der Waals surface area contributed by atoms with Crippen molar-refractivity contribution in [3.05, 3.63) is 52.1 Å². The van der Waals surface area contributed by atoms with Crippen molar-refractivity contribution in [3.8, 4) is 0 Å². The molecule has 1 heterocycles. The van der Waals surface area contributed by atoms with E-state index in [9.17, 15) is 4.79 Å². The third-order valence-electron chi connectivity index (χ3n) is 10.9. The Morgan fingerprint density at radius 2 is 1.74 bits per heavy atom. The fraction of sp³-hybridized carbons (Fsp3) is 0.700. The van der Waals surface area contributed by atoms with Gasteiger partial charge in [0, 0.05) is 17.7 Å². The van der Waals surface area contributed by atoms with Gasteiger partial charge in [0.2, 0.25) is 0 Å². The smallest absolute Gasteiger partial charge is 0.335 e. The number of hydrogen-bond acceptors (Lipinski definition) is 3. The lowest BCUT2D eigenvalue weighted by molar-refractivity contribution is -0.0223. The summed E-state index contributed by atoms with van der Waals surface area (Å²) in [6.07, 6.45) is 15.7. The van der Waals surface area contributed by atoms with Crippen LogP contribution in [0, 0.1) is 28.6 Å². The number of fused-ring (bicyclic) bond motifs is 5. The van der Waals surface area contributed by atoms with E-state index < -0.39 is 8.32 Å². The van der Waals surface area contributed by atoms with E-state index in [0.29, 0.717) is 17.4 Å². The Morgan fingerprint density at radius 3 is 2.41 bits per heavy atom. The highest BCUT2D eigenvalue weighted by Crippen LogP contribution is 2.66. The largest absolute Gasteiger partial charge is 0.431 e. The van der Waals surface area contributed by atoms with Crippen molar-refractivity contribution < 1.29 is 8.84 Å². The lowest BCUT2D eigenvalue weighted by atomic mass is 9.47. The van der Waals surface area contributed by atoms with Crippen LogP contribution in [-0.4, -0.2) is 14.4 Å². The average molecular weight is 481 g/mol. The van der Waals surface area contributed by atoms with Crippen LogP contribution < -0.4 is 5.63 Å². The maximum atomic E-state index is 11.5. The molecule has 4 heteroatoms. The monoisotopic (exact) mass is 480 g/mol. The first-order valence-electron chi connectivity index (χ1n) is 13.5. The number of allylic oxidation sites excluding steroid dienone is 3. The number of rotatable bonds is 3. The zero-order valence-corrected chi connectivity index (χ0v) is 23.4. The maximum Gasteiger partial charge on any atom is 0.335 e. The summed E-state index contributed by atoms with van der Waals surface area (Å²) in [6.45, 7) is 16.9. The number of hydrogen-bond donors (Lipinski definition) is 0. The van der Waals surface area contributed by atoms with Crippen LogP contribution in [0.4, 0.5) is 0 Å². The predicted octanol–water partition coefficient (Wildman–Crippen LogP) is 7.99. The molecule has 0 aliphatic heterocycles. The van der Waals surface area contributed by atoms with Crippen molar-refractivity contribution in [2.24, 2.45) is 28.6 Å². The molecule has 4 aliphatic rings. The van der Waals surface area contributed by atoms with E-state index in [2.05, 4.69) is 59.9 Å². The van der Waals surface area contributed by atoms with Crippen molar-refractivity contribution in [3.63, 3.8) is 0 Å². The minimum Gasteiger partial charge on any atom is -0.431 e. The summed E-state index contributed by atoms with van der Waals surface area (Å²) < 4.78 is 12.1. The molecule has 0 amide bonds. The third kappa shape index (κ3) is 3.75. The molecular weight excluding hydrogens is 436 g/mol. The lowest BCUT2D eigenvalue weighted by Gasteiger charge is -2.58. The molecule has 3 nitrogen and oxygen atoms in total. The normalized spacial score (nSPS) is 37.9. The molecule has 6 atom stereocenters. The molecule has 2 saturated carbocycles. The molecule has 0 bridgehead atoms. The van der Waals surface area contributed by atoms with Crippen LogP contribution in [0.3, 0.4) is 0 Å². The second-order valence-corrected chi connectivity index (χ2v) is 18.4. The lowest BCUT2D eigenvalue weighted by Crippen LogP contribution is -2.51. The second kappa shape index (κ2) is 8.06. The summed E-state index contributed by atoms with van der Waals surface area (Å²) in [7, 11) is -1.74. The first kappa shape index (κ1) is 24.3. The minimum atomic E-state index is -1.74. The van der Waals surface area contributed by atoms with Crippen LogP contribution in [0.2, 0.25) is 18.1 Å². The molecule has 0 N–H and O–H groups in total. The van der Waals surface area contributed by atoms with Crippen LogP contribution in [0.1, 0.15) is 85.1 Å². The van der Waals surface area contributed by atoms with Crippen LogP contribution >= 0.6 is 0 Å². The van der Waals surface area contributed by atoms with Gasteiger partial charge in [-0.15, -0.1) is 0 Å². The molecule has 4 aliphatic carbocycles. The fourth-order valence-corrected chi connectivity index (χ4v) is 9.24. The van der Waals surface area contributed by atoms with Gasteiger partial charge in [0.15, 0.2) is 8.32 Å². The van der Waals surface area contributed by atoms with Gasteiger partial charge in [0.05, 0.1) is 0 Å². The van der Waals surface area contributed by atoms with E-state index in [0.717, 1.165) is 30.2 Å². The van der Waals surface area contributed by atoms with Gasteiger partial charge >= 0.3 is 5.63 Å². The Hall–Kier alpha value is -1.39. The molecule has 0 saturated heterocycles. The van der Waals surface area contributed by atoms with Gasteiger partial charge in [-0.3, -0.25) is 0 Å². The summed E-state index contributed by atoms with van der Waals surface area (Å²) in [5, 5.41) is 0.266. The highest BCUT2D eigenvalue weighted by molar-refractivity contribution is 6.74. The molecule has 1 aromatic rings. The summed E-state index contributed by atoms with van der Waals surface area (Å²) >= 11 is 0. The van der Waals surface area contributed by atoms with E-state index in [-0.39, 0.29) is 16.1 Å². The topological polar surface area (TPSA) is 39.4 Å². The van der Waals surface area contributed by atoms with Gasteiger partial charge in [0.25, 0.3) is 0 Å².